The molecule has 112 valence electrons. The van der Waals surface area contributed by atoms with Crippen molar-refractivity contribution in [2.45, 2.75) is 13.1 Å². The van der Waals surface area contributed by atoms with Crippen LogP contribution < -0.4 is 0 Å². The molecule has 3 rings (SSSR count). The molecule has 1 aromatic heterocycles. The highest BCUT2D eigenvalue weighted by Crippen LogP contribution is 2.33. The Bertz CT molecular complexity index is 792. The molecule has 0 spiro atoms. The Labute approximate surface area is 124 Å². The third kappa shape index (κ3) is 2.72. The second kappa shape index (κ2) is 5.29. The van der Waals surface area contributed by atoms with Gasteiger partial charge in [-0.25, -0.2) is 4.98 Å². The van der Waals surface area contributed by atoms with E-state index in [1.807, 2.05) is 54.5 Å². The Balaban J connectivity index is 2.14. The zero-order valence-electron chi connectivity index (χ0n) is 11.6. The first-order valence-corrected chi connectivity index (χ1v) is 6.61. The molecule has 0 aliphatic rings. The van der Waals surface area contributed by atoms with Crippen LogP contribution in [-0.2, 0) is 6.18 Å². The summed E-state index contributed by atoms with van der Waals surface area (Å²) in [7, 11) is 0. The van der Waals surface area contributed by atoms with E-state index in [2.05, 4.69) is 10.1 Å². The number of halogens is 3. The molecule has 1 heterocycles. The van der Waals surface area contributed by atoms with Crippen LogP contribution in [0.15, 0.2) is 48.5 Å². The molecule has 0 unspecified atom stereocenters. The van der Waals surface area contributed by atoms with Gasteiger partial charge >= 0.3 is 6.18 Å². The second-order valence-corrected chi connectivity index (χ2v) is 4.92. The normalized spacial score (nSPS) is 11.6. The van der Waals surface area contributed by atoms with Crippen molar-refractivity contribution in [1.82, 2.24) is 15.2 Å². The Morgan fingerprint density at radius 1 is 0.955 bits per heavy atom. The zero-order valence-corrected chi connectivity index (χ0v) is 11.6. The van der Waals surface area contributed by atoms with Gasteiger partial charge in [0.25, 0.3) is 0 Å². The Morgan fingerprint density at radius 2 is 1.68 bits per heavy atom. The van der Waals surface area contributed by atoms with E-state index in [1.54, 1.807) is 6.07 Å². The highest BCUT2D eigenvalue weighted by molar-refractivity contribution is 5.80. The van der Waals surface area contributed by atoms with Gasteiger partial charge in [0, 0.05) is 5.56 Å². The van der Waals surface area contributed by atoms with Gasteiger partial charge in [-0.2, -0.15) is 18.3 Å². The number of hydrogen-bond acceptors (Lipinski definition) is 2. The molecule has 0 atom stereocenters. The van der Waals surface area contributed by atoms with Gasteiger partial charge in [0.05, 0.1) is 0 Å². The Hall–Kier alpha value is -2.63. The van der Waals surface area contributed by atoms with E-state index in [1.165, 1.54) is 0 Å². The first kappa shape index (κ1) is 14.3. The number of alkyl halides is 3. The molecule has 2 aromatic carbocycles. The summed E-state index contributed by atoms with van der Waals surface area (Å²) in [4.78, 5) is 3.59. The van der Waals surface area contributed by atoms with Crippen molar-refractivity contribution in [1.29, 1.82) is 0 Å². The highest BCUT2D eigenvalue weighted by Gasteiger charge is 2.35. The summed E-state index contributed by atoms with van der Waals surface area (Å²) in [5.41, 5.74) is 3.18. The van der Waals surface area contributed by atoms with Crippen LogP contribution in [0.1, 0.15) is 11.4 Å². The molecule has 6 heteroatoms. The number of rotatable bonds is 2. The topological polar surface area (TPSA) is 41.6 Å². The van der Waals surface area contributed by atoms with Crippen LogP contribution >= 0.6 is 0 Å². The SMILES string of the molecule is Cc1ccc(-c2ccccc2)c(-c2n[nH]c(C(F)(F)F)n2)c1. The first-order valence-electron chi connectivity index (χ1n) is 6.61. The molecule has 22 heavy (non-hydrogen) atoms. The van der Waals surface area contributed by atoms with Crippen molar-refractivity contribution in [3.05, 3.63) is 59.9 Å². The van der Waals surface area contributed by atoms with Gasteiger partial charge in [-0.3, -0.25) is 5.10 Å². The maximum absolute atomic E-state index is 12.7. The highest BCUT2D eigenvalue weighted by atomic mass is 19.4. The second-order valence-electron chi connectivity index (χ2n) is 4.92. The number of nitrogens with zero attached hydrogens (tertiary/aromatic N) is 2. The summed E-state index contributed by atoms with van der Waals surface area (Å²) >= 11 is 0. The Kier molecular flexibility index (Phi) is 3.44. The molecular formula is C16H12F3N3. The molecule has 0 fully saturated rings. The smallest absolute Gasteiger partial charge is 0.255 e. The average molecular weight is 303 g/mol. The van der Waals surface area contributed by atoms with Crippen LogP contribution in [0, 0.1) is 6.92 Å². The quantitative estimate of drug-likeness (QED) is 0.759. The molecular weight excluding hydrogens is 291 g/mol. The summed E-state index contributed by atoms with van der Waals surface area (Å²) in [6, 6.07) is 15.0. The predicted molar refractivity (Wildman–Crippen MR) is 77.0 cm³/mol. The van der Waals surface area contributed by atoms with Gasteiger partial charge in [-0.1, -0.05) is 48.0 Å². The number of benzene rings is 2. The van der Waals surface area contributed by atoms with Crippen LogP contribution in [0.4, 0.5) is 13.2 Å². The van der Waals surface area contributed by atoms with E-state index >= 15 is 0 Å². The van der Waals surface area contributed by atoms with E-state index in [-0.39, 0.29) is 5.82 Å². The molecule has 0 bridgehead atoms. The fraction of sp³-hybridized carbons (Fsp3) is 0.125. The lowest BCUT2D eigenvalue weighted by Gasteiger charge is -2.08. The van der Waals surface area contributed by atoms with Gasteiger partial charge in [0.1, 0.15) is 0 Å². The largest absolute Gasteiger partial charge is 0.451 e. The van der Waals surface area contributed by atoms with Crippen LogP contribution in [0.3, 0.4) is 0 Å². The number of H-pyrrole nitrogens is 1. The lowest BCUT2D eigenvalue weighted by molar-refractivity contribution is -0.144. The fourth-order valence-corrected chi connectivity index (χ4v) is 2.22. The molecule has 0 amide bonds. The van der Waals surface area contributed by atoms with Crippen LogP contribution in [0.5, 0.6) is 0 Å². The number of nitrogens with one attached hydrogen (secondary N) is 1. The maximum atomic E-state index is 12.7. The van der Waals surface area contributed by atoms with Crippen molar-refractivity contribution < 1.29 is 13.2 Å². The van der Waals surface area contributed by atoms with E-state index in [0.717, 1.165) is 16.7 Å². The monoisotopic (exact) mass is 303 g/mol. The average Bonchev–Trinajstić information content (AvgIpc) is 2.98. The molecule has 0 saturated carbocycles. The summed E-state index contributed by atoms with van der Waals surface area (Å²) in [6.07, 6.45) is -4.54. The maximum Gasteiger partial charge on any atom is 0.451 e. The van der Waals surface area contributed by atoms with Gasteiger partial charge in [0.2, 0.25) is 5.82 Å². The predicted octanol–water partition coefficient (Wildman–Crippen LogP) is 4.47. The van der Waals surface area contributed by atoms with E-state index in [4.69, 9.17) is 0 Å². The molecule has 3 aromatic rings. The summed E-state index contributed by atoms with van der Waals surface area (Å²) in [5, 5.41) is 5.68. The Morgan fingerprint density at radius 3 is 2.32 bits per heavy atom. The van der Waals surface area contributed by atoms with Crippen LogP contribution in [0.25, 0.3) is 22.5 Å². The van der Waals surface area contributed by atoms with Gasteiger partial charge in [-0.05, 0) is 24.1 Å². The van der Waals surface area contributed by atoms with Crippen molar-refractivity contribution in [3.8, 4) is 22.5 Å². The van der Waals surface area contributed by atoms with Crippen molar-refractivity contribution in [2.75, 3.05) is 0 Å². The van der Waals surface area contributed by atoms with Crippen molar-refractivity contribution in [2.24, 2.45) is 0 Å². The molecule has 0 saturated heterocycles. The number of aryl methyl sites for hydroxylation is 1. The minimum Gasteiger partial charge on any atom is -0.255 e. The molecule has 0 aliphatic heterocycles. The number of aromatic nitrogens is 3. The van der Waals surface area contributed by atoms with Crippen LogP contribution in [0.2, 0.25) is 0 Å². The summed E-state index contributed by atoms with van der Waals surface area (Å²) in [5.74, 6) is -1.06. The minimum atomic E-state index is -4.54. The van der Waals surface area contributed by atoms with Gasteiger partial charge in [-0.15, -0.1) is 0 Å². The minimum absolute atomic E-state index is 0.0369. The lowest BCUT2D eigenvalue weighted by Crippen LogP contribution is -2.07. The molecule has 0 aliphatic carbocycles. The van der Waals surface area contributed by atoms with Gasteiger partial charge < -0.3 is 0 Å². The standard InChI is InChI=1S/C16H12F3N3/c1-10-7-8-12(11-5-3-2-4-6-11)13(9-10)14-20-15(22-21-14)16(17,18)19/h2-9H,1H3,(H,20,21,22). The third-order valence-electron chi connectivity index (χ3n) is 3.25. The summed E-state index contributed by atoms with van der Waals surface area (Å²) in [6.45, 7) is 1.87. The molecule has 3 nitrogen and oxygen atoms in total. The van der Waals surface area contributed by atoms with E-state index in [0.29, 0.717) is 5.56 Å². The lowest BCUT2D eigenvalue weighted by atomic mass is 9.97. The van der Waals surface area contributed by atoms with E-state index in [9.17, 15) is 13.2 Å². The fourth-order valence-electron chi connectivity index (χ4n) is 2.22. The molecule has 0 radical (unpaired) electrons. The number of aromatic amines is 1. The van der Waals surface area contributed by atoms with Crippen molar-refractivity contribution >= 4 is 0 Å². The van der Waals surface area contributed by atoms with Gasteiger partial charge in [0.15, 0.2) is 5.82 Å². The van der Waals surface area contributed by atoms with E-state index < -0.39 is 12.0 Å². The van der Waals surface area contributed by atoms with Crippen molar-refractivity contribution in [3.63, 3.8) is 0 Å². The first-order chi connectivity index (χ1) is 10.4. The van der Waals surface area contributed by atoms with Crippen LogP contribution in [-0.4, -0.2) is 15.2 Å². The summed E-state index contributed by atoms with van der Waals surface area (Å²) < 4.78 is 38.1. The third-order valence-corrected chi connectivity index (χ3v) is 3.25. The molecule has 1 N–H and O–H groups in total. The number of hydrogen-bond donors (Lipinski definition) is 1. The zero-order chi connectivity index (χ0) is 15.7.